The maximum Gasteiger partial charge on any atom is 0.344 e. The molecule has 0 saturated carbocycles. The van der Waals surface area contributed by atoms with Crippen LogP contribution in [0.25, 0.3) is 38.7 Å². The highest BCUT2D eigenvalue weighted by molar-refractivity contribution is 6.11. The van der Waals surface area contributed by atoms with Gasteiger partial charge in [0.15, 0.2) is 17.1 Å². The van der Waals surface area contributed by atoms with Crippen LogP contribution in [0.2, 0.25) is 0 Å². The minimum atomic E-state index is -0.642. The van der Waals surface area contributed by atoms with Crippen LogP contribution in [0.3, 0.4) is 0 Å². The molecule has 0 bridgehead atoms. The molecule has 10 nitrogen and oxygen atoms in total. The van der Waals surface area contributed by atoms with Crippen molar-refractivity contribution in [2.75, 3.05) is 27.9 Å². The summed E-state index contributed by atoms with van der Waals surface area (Å²) in [5.41, 5.74) is 2.37. The molecule has 0 fully saturated rings. The molecule has 0 amide bonds. The molecule has 5 aromatic rings. The Morgan fingerprint density at radius 3 is 2.41 bits per heavy atom. The Morgan fingerprint density at radius 2 is 1.74 bits per heavy atom. The van der Waals surface area contributed by atoms with Crippen LogP contribution in [-0.4, -0.2) is 59.4 Å². The molecule has 34 heavy (non-hydrogen) atoms. The van der Waals surface area contributed by atoms with E-state index in [1.807, 2.05) is 24.3 Å². The number of methoxy groups -OCH3 is 3. The lowest BCUT2D eigenvalue weighted by atomic mass is 10.2. The summed E-state index contributed by atoms with van der Waals surface area (Å²) in [7, 11) is 4.53. The smallest absolute Gasteiger partial charge is 0.344 e. The highest BCUT2D eigenvalue weighted by Crippen LogP contribution is 2.34. The van der Waals surface area contributed by atoms with Crippen molar-refractivity contribution in [2.45, 2.75) is 13.0 Å². The van der Waals surface area contributed by atoms with Gasteiger partial charge in [-0.25, -0.2) is 14.8 Å². The van der Waals surface area contributed by atoms with E-state index in [1.165, 1.54) is 21.3 Å². The molecule has 10 heteroatoms. The van der Waals surface area contributed by atoms with Gasteiger partial charge in [-0.05, 0) is 25.1 Å². The van der Waals surface area contributed by atoms with Gasteiger partial charge >= 0.3 is 5.97 Å². The fourth-order valence-electron chi connectivity index (χ4n) is 4.11. The average Bonchev–Trinajstić information content (AvgIpc) is 3.14. The molecule has 3 aromatic heterocycles. The van der Waals surface area contributed by atoms with Crippen molar-refractivity contribution in [1.29, 1.82) is 0 Å². The fourth-order valence-corrected chi connectivity index (χ4v) is 4.11. The van der Waals surface area contributed by atoms with Gasteiger partial charge in [-0.3, -0.25) is 9.20 Å². The van der Waals surface area contributed by atoms with Gasteiger partial charge in [-0.2, -0.15) is 0 Å². The zero-order chi connectivity index (χ0) is 24.0. The Morgan fingerprint density at radius 1 is 1.06 bits per heavy atom. The summed E-state index contributed by atoms with van der Waals surface area (Å²) >= 11 is 0. The number of aromatic amines is 1. The molecule has 0 aliphatic heterocycles. The number of aromatic nitrogens is 4. The summed E-state index contributed by atoms with van der Waals surface area (Å²) in [6.45, 7) is 1.94. The Bertz CT molecular complexity index is 1640. The van der Waals surface area contributed by atoms with Gasteiger partial charge < -0.3 is 23.9 Å². The van der Waals surface area contributed by atoms with Crippen LogP contribution < -0.4 is 15.0 Å². The lowest BCUT2D eigenvalue weighted by Crippen LogP contribution is -2.20. The number of esters is 1. The normalized spacial score (nSPS) is 12.5. The van der Waals surface area contributed by atoms with Crippen LogP contribution in [-0.2, 0) is 9.47 Å². The molecule has 1 atom stereocenters. The summed E-state index contributed by atoms with van der Waals surface area (Å²) < 4.78 is 23.2. The monoisotopic (exact) mass is 462 g/mol. The van der Waals surface area contributed by atoms with E-state index >= 15 is 0 Å². The lowest BCUT2D eigenvalue weighted by Gasteiger charge is -2.12. The van der Waals surface area contributed by atoms with Crippen molar-refractivity contribution in [3.05, 3.63) is 52.3 Å². The second-order valence-electron chi connectivity index (χ2n) is 7.79. The summed E-state index contributed by atoms with van der Waals surface area (Å²) in [4.78, 5) is 38.7. The van der Waals surface area contributed by atoms with Gasteiger partial charge in [0.05, 0.1) is 42.8 Å². The van der Waals surface area contributed by atoms with Gasteiger partial charge in [0, 0.05) is 13.2 Å². The Kier molecular flexibility index (Phi) is 5.29. The first-order valence-corrected chi connectivity index (χ1v) is 10.6. The zero-order valence-electron chi connectivity index (χ0n) is 19.0. The minimum Gasteiger partial charge on any atom is -0.493 e. The second kappa shape index (κ2) is 8.31. The van der Waals surface area contributed by atoms with E-state index in [-0.39, 0.29) is 17.8 Å². The number of benzene rings is 2. The van der Waals surface area contributed by atoms with E-state index in [1.54, 1.807) is 23.5 Å². The van der Waals surface area contributed by atoms with Crippen molar-refractivity contribution in [2.24, 2.45) is 0 Å². The van der Waals surface area contributed by atoms with E-state index in [0.29, 0.717) is 44.6 Å². The maximum absolute atomic E-state index is 13.3. The van der Waals surface area contributed by atoms with Crippen molar-refractivity contribution >= 4 is 44.7 Å². The number of carbonyl (C=O) groups excluding carboxylic acids is 1. The molecule has 1 unspecified atom stereocenters. The number of nitrogens with zero attached hydrogens (tertiary/aromatic N) is 3. The number of ether oxygens (including phenoxy) is 4. The molecule has 1 N–H and O–H groups in total. The molecule has 3 heterocycles. The van der Waals surface area contributed by atoms with Gasteiger partial charge in [0.2, 0.25) is 0 Å². The van der Waals surface area contributed by atoms with Crippen LogP contribution in [0.15, 0.2) is 41.2 Å². The zero-order valence-corrected chi connectivity index (χ0v) is 19.0. The van der Waals surface area contributed by atoms with E-state index in [2.05, 4.69) is 4.98 Å². The summed E-state index contributed by atoms with van der Waals surface area (Å²) in [6, 6.07) is 10.6. The Hall–Kier alpha value is -4.18. The number of H-pyrrole nitrogens is 1. The number of hydrogen-bond acceptors (Lipinski definition) is 8. The van der Waals surface area contributed by atoms with Crippen LogP contribution >= 0.6 is 0 Å². The van der Waals surface area contributed by atoms with Gasteiger partial charge in [0.25, 0.3) is 5.56 Å². The third-order valence-corrected chi connectivity index (χ3v) is 5.59. The standard InChI is InChI=1S/C24H22N4O6/c1-12(11-31-2)34-24(30)19-20-22(26-15-8-6-5-7-14(15)25-20)28-16-10-18(33-4)17(32-3)9-13(16)23(29)27-21(19)28/h5-10,12H,11H2,1-4H3,(H,27,29). The number of carbonyl (C=O) groups is 1. The maximum atomic E-state index is 13.3. The van der Waals surface area contributed by atoms with Gasteiger partial charge in [-0.1, -0.05) is 12.1 Å². The molecule has 0 aliphatic carbocycles. The van der Waals surface area contributed by atoms with E-state index < -0.39 is 17.6 Å². The van der Waals surface area contributed by atoms with Crippen molar-refractivity contribution in [3.63, 3.8) is 0 Å². The molecular formula is C24H22N4O6. The van der Waals surface area contributed by atoms with Crippen LogP contribution in [0, 0.1) is 0 Å². The van der Waals surface area contributed by atoms with Crippen LogP contribution in [0.1, 0.15) is 17.3 Å². The SMILES string of the molecule is COCC(C)OC(=O)c1c2nc3ccccc3nc2n2c1[nH]c(=O)c1cc(OC)c(OC)cc12. The third kappa shape index (κ3) is 3.30. The van der Waals surface area contributed by atoms with Crippen molar-refractivity contribution in [1.82, 2.24) is 19.4 Å². The molecular weight excluding hydrogens is 440 g/mol. The number of nitrogens with one attached hydrogen (secondary N) is 1. The lowest BCUT2D eigenvalue weighted by molar-refractivity contribution is 0.0124. The first-order chi connectivity index (χ1) is 16.5. The van der Waals surface area contributed by atoms with Crippen LogP contribution in [0.4, 0.5) is 0 Å². The number of fused-ring (bicyclic) bond motifs is 6. The van der Waals surface area contributed by atoms with Gasteiger partial charge in [0.1, 0.15) is 22.8 Å². The quantitative estimate of drug-likeness (QED) is 0.383. The topological polar surface area (TPSA) is 117 Å². The Balaban J connectivity index is 1.93. The predicted octanol–water partition coefficient (Wildman–Crippen LogP) is 3.09. The molecule has 5 rings (SSSR count). The summed E-state index contributed by atoms with van der Waals surface area (Å²) in [5, 5.41) is 0.338. The fraction of sp³-hybridized carbons (Fsp3) is 0.250. The van der Waals surface area contributed by atoms with E-state index in [0.717, 1.165) is 0 Å². The first kappa shape index (κ1) is 21.7. The third-order valence-electron chi connectivity index (χ3n) is 5.59. The predicted molar refractivity (Wildman–Crippen MR) is 126 cm³/mol. The molecule has 2 aromatic carbocycles. The van der Waals surface area contributed by atoms with E-state index in [4.69, 9.17) is 28.9 Å². The number of hydrogen-bond donors (Lipinski definition) is 1. The second-order valence-corrected chi connectivity index (χ2v) is 7.79. The molecule has 0 saturated heterocycles. The first-order valence-electron chi connectivity index (χ1n) is 10.6. The molecule has 0 radical (unpaired) electrons. The van der Waals surface area contributed by atoms with E-state index in [9.17, 15) is 9.59 Å². The molecule has 174 valence electrons. The van der Waals surface area contributed by atoms with Gasteiger partial charge in [-0.15, -0.1) is 0 Å². The minimum absolute atomic E-state index is 0.116. The summed E-state index contributed by atoms with van der Waals surface area (Å²) in [5.74, 6) is 0.188. The molecule has 0 spiro atoms. The highest BCUT2D eigenvalue weighted by atomic mass is 16.6. The Labute approximate surface area is 193 Å². The number of rotatable bonds is 6. The molecule has 0 aliphatic rings. The van der Waals surface area contributed by atoms with Crippen molar-refractivity contribution < 1.29 is 23.7 Å². The average molecular weight is 462 g/mol. The largest absolute Gasteiger partial charge is 0.493 e. The van der Waals surface area contributed by atoms with Crippen molar-refractivity contribution in [3.8, 4) is 11.5 Å². The number of para-hydroxylation sites is 2. The summed E-state index contributed by atoms with van der Waals surface area (Å²) in [6.07, 6.45) is -0.507. The highest BCUT2D eigenvalue weighted by Gasteiger charge is 2.27. The van der Waals surface area contributed by atoms with Crippen LogP contribution in [0.5, 0.6) is 11.5 Å².